The number of nitrogens with one attached hydrogen (secondary N) is 1. The molecule has 1 aromatic heterocycles. The van der Waals surface area contributed by atoms with Crippen molar-refractivity contribution in [2.24, 2.45) is 0 Å². The third-order valence-corrected chi connectivity index (χ3v) is 4.09. The van der Waals surface area contributed by atoms with Gasteiger partial charge in [0.25, 0.3) is 0 Å². The molecule has 1 fully saturated rings. The fourth-order valence-electron chi connectivity index (χ4n) is 2.45. The Morgan fingerprint density at radius 1 is 1.00 bits per heavy atom. The SMILES string of the molecule is S=C(NCc1ccccc1)N1CCN(c2ncccn2)CC1. The van der Waals surface area contributed by atoms with Crippen LogP contribution in [0.2, 0.25) is 0 Å². The van der Waals surface area contributed by atoms with Gasteiger partial charge in [-0.05, 0) is 23.8 Å². The molecule has 3 rings (SSSR count). The zero-order valence-electron chi connectivity index (χ0n) is 12.4. The molecule has 1 N–H and O–H groups in total. The van der Waals surface area contributed by atoms with Crippen molar-refractivity contribution in [2.75, 3.05) is 31.1 Å². The van der Waals surface area contributed by atoms with Crippen molar-refractivity contribution in [3.63, 3.8) is 0 Å². The average Bonchev–Trinajstić information content (AvgIpc) is 2.61. The van der Waals surface area contributed by atoms with Crippen molar-refractivity contribution in [1.29, 1.82) is 0 Å². The van der Waals surface area contributed by atoms with Gasteiger partial charge in [-0.1, -0.05) is 30.3 Å². The number of anilines is 1. The fourth-order valence-corrected chi connectivity index (χ4v) is 2.70. The van der Waals surface area contributed by atoms with Crippen LogP contribution in [0.15, 0.2) is 48.8 Å². The lowest BCUT2D eigenvalue weighted by atomic mass is 10.2. The smallest absolute Gasteiger partial charge is 0.225 e. The largest absolute Gasteiger partial charge is 0.358 e. The van der Waals surface area contributed by atoms with Gasteiger partial charge < -0.3 is 15.1 Å². The molecule has 0 spiro atoms. The Balaban J connectivity index is 1.48. The molecule has 114 valence electrons. The molecule has 2 aromatic rings. The van der Waals surface area contributed by atoms with Crippen molar-refractivity contribution in [2.45, 2.75) is 6.54 Å². The molecular weight excluding hydrogens is 294 g/mol. The van der Waals surface area contributed by atoms with E-state index in [1.165, 1.54) is 5.56 Å². The van der Waals surface area contributed by atoms with Crippen molar-refractivity contribution in [3.8, 4) is 0 Å². The molecular formula is C16H19N5S. The van der Waals surface area contributed by atoms with Crippen molar-refractivity contribution in [1.82, 2.24) is 20.2 Å². The summed E-state index contributed by atoms with van der Waals surface area (Å²) < 4.78 is 0. The maximum Gasteiger partial charge on any atom is 0.225 e. The summed E-state index contributed by atoms with van der Waals surface area (Å²) in [6.45, 7) is 4.31. The summed E-state index contributed by atoms with van der Waals surface area (Å²) in [6.07, 6.45) is 3.56. The van der Waals surface area contributed by atoms with Crippen LogP contribution in [0.5, 0.6) is 0 Å². The van der Waals surface area contributed by atoms with Gasteiger partial charge in [0.15, 0.2) is 5.11 Å². The normalized spacial score (nSPS) is 14.7. The topological polar surface area (TPSA) is 44.3 Å². The van der Waals surface area contributed by atoms with E-state index in [2.05, 4.69) is 37.2 Å². The first-order chi connectivity index (χ1) is 10.8. The van der Waals surface area contributed by atoms with Crippen LogP contribution in [0.25, 0.3) is 0 Å². The maximum atomic E-state index is 5.49. The van der Waals surface area contributed by atoms with E-state index in [1.807, 2.05) is 24.3 Å². The Labute approximate surface area is 136 Å². The van der Waals surface area contributed by atoms with Gasteiger partial charge in [-0.2, -0.15) is 0 Å². The zero-order valence-corrected chi connectivity index (χ0v) is 13.2. The van der Waals surface area contributed by atoms with Crippen molar-refractivity contribution < 1.29 is 0 Å². The van der Waals surface area contributed by atoms with Gasteiger partial charge in [-0.15, -0.1) is 0 Å². The molecule has 1 saturated heterocycles. The van der Waals surface area contributed by atoms with E-state index in [9.17, 15) is 0 Å². The van der Waals surface area contributed by atoms with Gasteiger partial charge >= 0.3 is 0 Å². The molecule has 0 atom stereocenters. The highest BCUT2D eigenvalue weighted by Crippen LogP contribution is 2.10. The molecule has 5 nitrogen and oxygen atoms in total. The molecule has 0 saturated carbocycles. The maximum absolute atomic E-state index is 5.49. The number of thiocarbonyl (C=S) groups is 1. The quantitative estimate of drug-likeness (QED) is 0.870. The lowest BCUT2D eigenvalue weighted by Gasteiger charge is -2.36. The van der Waals surface area contributed by atoms with Crippen LogP contribution in [0, 0.1) is 0 Å². The standard InChI is InChI=1S/C16H19N5S/c22-16(19-13-14-5-2-1-3-6-14)21-11-9-20(10-12-21)15-17-7-4-8-18-15/h1-8H,9-13H2,(H,19,22). The van der Waals surface area contributed by atoms with Gasteiger partial charge in [-0.3, -0.25) is 0 Å². The first kappa shape index (κ1) is 14.7. The van der Waals surface area contributed by atoms with E-state index in [-0.39, 0.29) is 0 Å². The number of hydrogen-bond donors (Lipinski definition) is 1. The second-order valence-electron chi connectivity index (χ2n) is 5.17. The van der Waals surface area contributed by atoms with E-state index in [4.69, 9.17) is 12.2 Å². The number of piperazine rings is 1. The van der Waals surface area contributed by atoms with Gasteiger partial charge in [0.2, 0.25) is 5.95 Å². The molecule has 0 aliphatic carbocycles. The third-order valence-electron chi connectivity index (χ3n) is 3.69. The number of benzene rings is 1. The summed E-state index contributed by atoms with van der Waals surface area (Å²) in [6, 6.07) is 12.1. The van der Waals surface area contributed by atoms with Crippen LogP contribution in [0.3, 0.4) is 0 Å². The Morgan fingerprint density at radius 3 is 2.36 bits per heavy atom. The van der Waals surface area contributed by atoms with E-state index in [0.717, 1.165) is 43.8 Å². The molecule has 0 radical (unpaired) electrons. The summed E-state index contributed by atoms with van der Waals surface area (Å²) in [5.41, 5.74) is 1.24. The number of hydrogen-bond acceptors (Lipinski definition) is 4. The second kappa shape index (κ2) is 7.17. The zero-order chi connectivity index (χ0) is 15.2. The Hall–Kier alpha value is -2.21. The molecule has 1 aliphatic heterocycles. The van der Waals surface area contributed by atoms with Gasteiger partial charge in [0.1, 0.15) is 0 Å². The Bertz CT molecular complexity index is 596. The lowest BCUT2D eigenvalue weighted by Crippen LogP contribution is -2.52. The van der Waals surface area contributed by atoms with Gasteiger partial charge in [0.05, 0.1) is 0 Å². The number of rotatable bonds is 3. The monoisotopic (exact) mass is 313 g/mol. The molecule has 0 amide bonds. The number of aromatic nitrogens is 2. The van der Waals surface area contributed by atoms with Crippen LogP contribution in [0.1, 0.15) is 5.56 Å². The first-order valence-electron chi connectivity index (χ1n) is 7.41. The van der Waals surface area contributed by atoms with E-state index >= 15 is 0 Å². The summed E-state index contributed by atoms with van der Waals surface area (Å²) >= 11 is 5.49. The fraction of sp³-hybridized carbons (Fsp3) is 0.312. The lowest BCUT2D eigenvalue weighted by molar-refractivity contribution is 0.377. The molecule has 22 heavy (non-hydrogen) atoms. The molecule has 1 aliphatic rings. The van der Waals surface area contributed by atoms with Crippen molar-refractivity contribution >= 4 is 23.3 Å². The van der Waals surface area contributed by atoms with Crippen LogP contribution in [-0.2, 0) is 6.54 Å². The minimum Gasteiger partial charge on any atom is -0.358 e. The number of nitrogens with zero attached hydrogens (tertiary/aromatic N) is 4. The summed E-state index contributed by atoms with van der Waals surface area (Å²) in [5, 5.41) is 4.15. The summed E-state index contributed by atoms with van der Waals surface area (Å²) in [5.74, 6) is 0.797. The highest BCUT2D eigenvalue weighted by molar-refractivity contribution is 7.80. The molecule has 1 aromatic carbocycles. The predicted molar refractivity (Wildman–Crippen MR) is 91.7 cm³/mol. The molecule has 0 bridgehead atoms. The Morgan fingerprint density at radius 2 is 1.68 bits per heavy atom. The van der Waals surface area contributed by atoms with Crippen LogP contribution in [0.4, 0.5) is 5.95 Å². The van der Waals surface area contributed by atoms with Crippen LogP contribution in [-0.4, -0.2) is 46.2 Å². The van der Waals surface area contributed by atoms with Crippen LogP contribution >= 0.6 is 12.2 Å². The average molecular weight is 313 g/mol. The molecule has 2 heterocycles. The van der Waals surface area contributed by atoms with E-state index in [0.29, 0.717) is 0 Å². The Kier molecular flexibility index (Phi) is 4.80. The van der Waals surface area contributed by atoms with E-state index in [1.54, 1.807) is 12.4 Å². The summed E-state index contributed by atoms with van der Waals surface area (Å²) in [7, 11) is 0. The first-order valence-corrected chi connectivity index (χ1v) is 7.82. The van der Waals surface area contributed by atoms with E-state index < -0.39 is 0 Å². The second-order valence-corrected chi connectivity index (χ2v) is 5.55. The third kappa shape index (κ3) is 3.71. The minimum absolute atomic E-state index is 0.766. The highest BCUT2D eigenvalue weighted by Gasteiger charge is 2.20. The summed E-state index contributed by atoms with van der Waals surface area (Å²) in [4.78, 5) is 13.0. The van der Waals surface area contributed by atoms with Crippen molar-refractivity contribution in [3.05, 3.63) is 54.4 Å². The van der Waals surface area contributed by atoms with Crippen LogP contribution < -0.4 is 10.2 Å². The molecule has 0 unspecified atom stereocenters. The predicted octanol–water partition coefficient (Wildman–Crippen LogP) is 1.67. The van der Waals surface area contributed by atoms with Gasteiger partial charge in [0, 0.05) is 45.1 Å². The highest BCUT2D eigenvalue weighted by atomic mass is 32.1. The minimum atomic E-state index is 0.766. The van der Waals surface area contributed by atoms with Gasteiger partial charge in [-0.25, -0.2) is 9.97 Å². The molecule has 6 heteroatoms.